The van der Waals surface area contributed by atoms with Gasteiger partial charge in [0.15, 0.2) is 0 Å². The van der Waals surface area contributed by atoms with Crippen LogP contribution in [0, 0.1) is 11.8 Å². The number of aliphatic carboxylic acids is 1. The van der Waals surface area contributed by atoms with Crippen LogP contribution in [0.5, 0.6) is 5.75 Å². The third kappa shape index (κ3) is 2.71. The molecule has 0 radical (unpaired) electrons. The summed E-state index contributed by atoms with van der Waals surface area (Å²) in [5.74, 6) is -2.83. The van der Waals surface area contributed by atoms with Crippen LogP contribution in [-0.4, -0.2) is 30.0 Å². The summed E-state index contributed by atoms with van der Waals surface area (Å²) in [6.07, 6.45) is 0.318. The zero-order chi connectivity index (χ0) is 14.9. The van der Waals surface area contributed by atoms with E-state index < -0.39 is 29.6 Å². The zero-order valence-corrected chi connectivity index (χ0v) is 10.8. The van der Waals surface area contributed by atoms with Crippen LogP contribution in [0.1, 0.15) is 16.8 Å². The Morgan fingerprint density at radius 2 is 2.05 bits per heavy atom. The molecule has 1 fully saturated rings. The van der Waals surface area contributed by atoms with Gasteiger partial charge in [0.05, 0.1) is 24.6 Å². The fourth-order valence-corrected chi connectivity index (χ4v) is 1.94. The normalized spacial score (nSPS) is 20.1. The largest absolute Gasteiger partial charge is 0.495 e. The summed E-state index contributed by atoms with van der Waals surface area (Å²) in [6.45, 7) is 0. The summed E-state index contributed by atoms with van der Waals surface area (Å²) >= 11 is 0. The third-order valence-corrected chi connectivity index (χ3v) is 3.19. The molecule has 2 unspecified atom stereocenters. The summed E-state index contributed by atoms with van der Waals surface area (Å²) < 4.78 is 5.07. The maximum atomic E-state index is 11.9. The van der Waals surface area contributed by atoms with Crippen molar-refractivity contribution in [2.75, 3.05) is 12.4 Å². The van der Waals surface area contributed by atoms with Crippen molar-refractivity contribution in [1.82, 2.24) is 0 Å². The number of hydrogen-bond acceptors (Lipinski definition) is 4. The number of ether oxygens (including phenoxy) is 1. The highest BCUT2D eigenvalue weighted by molar-refractivity contribution is 6.01. The molecule has 0 bridgehead atoms. The van der Waals surface area contributed by atoms with E-state index in [0.717, 1.165) is 0 Å². The number of carboxylic acids is 1. The first-order valence-electron chi connectivity index (χ1n) is 5.95. The first-order valence-corrected chi connectivity index (χ1v) is 5.95. The number of carbonyl (C=O) groups is 3. The number of nitrogens with two attached hydrogens (primary N) is 1. The molecule has 106 valence electrons. The lowest BCUT2D eigenvalue weighted by atomic mass is 10.1. The average molecular weight is 278 g/mol. The number of carbonyl (C=O) groups excluding carboxylic acids is 2. The molecule has 0 saturated heterocycles. The van der Waals surface area contributed by atoms with Crippen molar-refractivity contribution < 1.29 is 24.2 Å². The van der Waals surface area contributed by atoms with Crippen LogP contribution in [0.2, 0.25) is 0 Å². The van der Waals surface area contributed by atoms with Gasteiger partial charge in [0.1, 0.15) is 5.75 Å². The van der Waals surface area contributed by atoms with Gasteiger partial charge in [-0.2, -0.15) is 0 Å². The second kappa shape index (κ2) is 5.20. The average Bonchev–Trinajstić information content (AvgIpc) is 3.18. The maximum absolute atomic E-state index is 11.9. The van der Waals surface area contributed by atoms with Gasteiger partial charge in [-0.25, -0.2) is 0 Å². The highest BCUT2D eigenvalue weighted by Gasteiger charge is 2.48. The summed E-state index contributed by atoms with van der Waals surface area (Å²) in [4.78, 5) is 33.7. The number of hydrogen-bond donors (Lipinski definition) is 3. The van der Waals surface area contributed by atoms with Gasteiger partial charge < -0.3 is 20.9 Å². The Balaban J connectivity index is 2.16. The van der Waals surface area contributed by atoms with E-state index >= 15 is 0 Å². The molecule has 4 N–H and O–H groups in total. The molecule has 7 nitrogen and oxygen atoms in total. The minimum Gasteiger partial charge on any atom is -0.495 e. The zero-order valence-electron chi connectivity index (χ0n) is 10.8. The molecule has 2 amide bonds. The highest BCUT2D eigenvalue weighted by Crippen LogP contribution is 2.40. The predicted molar refractivity (Wildman–Crippen MR) is 69.4 cm³/mol. The van der Waals surface area contributed by atoms with Gasteiger partial charge in [-0.1, -0.05) is 0 Å². The second-order valence-corrected chi connectivity index (χ2v) is 4.56. The van der Waals surface area contributed by atoms with Crippen molar-refractivity contribution in [3.63, 3.8) is 0 Å². The molecular formula is C13H14N2O5. The molecule has 2 rings (SSSR count). The monoisotopic (exact) mass is 278 g/mol. The van der Waals surface area contributed by atoms with E-state index in [1.165, 1.54) is 25.3 Å². The topological polar surface area (TPSA) is 119 Å². The van der Waals surface area contributed by atoms with Crippen LogP contribution in [0.3, 0.4) is 0 Å². The Hall–Kier alpha value is -2.57. The van der Waals surface area contributed by atoms with Crippen LogP contribution in [0.15, 0.2) is 18.2 Å². The summed E-state index contributed by atoms with van der Waals surface area (Å²) in [7, 11) is 1.42. The van der Waals surface area contributed by atoms with E-state index in [1.807, 2.05) is 0 Å². The molecule has 20 heavy (non-hydrogen) atoms. The van der Waals surface area contributed by atoms with Crippen molar-refractivity contribution in [1.29, 1.82) is 0 Å². The van der Waals surface area contributed by atoms with Gasteiger partial charge in [-0.05, 0) is 24.6 Å². The molecule has 1 aromatic rings. The molecule has 1 saturated carbocycles. The predicted octanol–water partition coefficient (Wildman–Crippen LogP) is 0.453. The molecular weight excluding hydrogens is 264 g/mol. The summed E-state index contributed by atoms with van der Waals surface area (Å²) in [5, 5.41) is 11.4. The Morgan fingerprint density at radius 1 is 1.35 bits per heavy atom. The smallest absolute Gasteiger partial charge is 0.307 e. The number of rotatable bonds is 5. The van der Waals surface area contributed by atoms with Crippen molar-refractivity contribution in [3.8, 4) is 5.75 Å². The molecule has 2 atom stereocenters. The van der Waals surface area contributed by atoms with Crippen LogP contribution in [0.25, 0.3) is 0 Å². The van der Waals surface area contributed by atoms with E-state index in [-0.39, 0.29) is 5.56 Å². The van der Waals surface area contributed by atoms with Crippen LogP contribution < -0.4 is 15.8 Å². The SMILES string of the molecule is COc1ccc(C(N)=O)cc1NC(=O)C1CC1C(=O)O. The second-order valence-electron chi connectivity index (χ2n) is 4.56. The number of amides is 2. The van der Waals surface area contributed by atoms with Gasteiger partial charge in [-0.15, -0.1) is 0 Å². The number of nitrogens with one attached hydrogen (secondary N) is 1. The minimum atomic E-state index is -0.983. The quantitative estimate of drug-likeness (QED) is 0.722. The van der Waals surface area contributed by atoms with Gasteiger partial charge in [-0.3, -0.25) is 14.4 Å². The molecule has 0 heterocycles. The number of primary amides is 1. The fraction of sp³-hybridized carbons (Fsp3) is 0.308. The van der Waals surface area contributed by atoms with Gasteiger partial charge in [0.25, 0.3) is 0 Å². The Morgan fingerprint density at radius 3 is 2.55 bits per heavy atom. The molecule has 7 heteroatoms. The third-order valence-electron chi connectivity index (χ3n) is 3.19. The highest BCUT2D eigenvalue weighted by atomic mass is 16.5. The Labute approximate surface area is 114 Å². The number of carboxylic acid groups (broad SMARTS) is 1. The van der Waals surface area contributed by atoms with Gasteiger partial charge >= 0.3 is 5.97 Å². The van der Waals surface area contributed by atoms with E-state index in [4.69, 9.17) is 15.6 Å². The summed E-state index contributed by atoms with van der Waals surface area (Å²) in [5.41, 5.74) is 5.69. The lowest BCUT2D eigenvalue weighted by Crippen LogP contribution is -2.18. The number of anilines is 1. The van der Waals surface area contributed by atoms with Gasteiger partial charge in [0.2, 0.25) is 11.8 Å². The molecule has 1 aliphatic carbocycles. The van der Waals surface area contributed by atoms with E-state index in [9.17, 15) is 14.4 Å². The number of benzene rings is 1. The van der Waals surface area contributed by atoms with Crippen LogP contribution in [-0.2, 0) is 9.59 Å². The lowest BCUT2D eigenvalue weighted by Gasteiger charge is -2.11. The number of methoxy groups -OCH3 is 1. The van der Waals surface area contributed by atoms with E-state index in [1.54, 1.807) is 0 Å². The fourth-order valence-electron chi connectivity index (χ4n) is 1.94. The molecule has 0 aliphatic heterocycles. The van der Waals surface area contributed by atoms with Crippen molar-refractivity contribution >= 4 is 23.5 Å². The van der Waals surface area contributed by atoms with E-state index in [2.05, 4.69) is 5.32 Å². The minimum absolute atomic E-state index is 0.228. The Bertz CT molecular complexity index is 584. The Kier molecular flexibility index (Phi) is 3.60. The van der Waals surface area contributed by atoms with Crippen LogP contribution in [0.4, 0.5) is 5.69 Å². The molecule has 0 aromatic heterocycles. The standard InChI is InChI=1S/C13H14N2O5/c1-20-10-3-2-6(11(14)16)4-9(10)15-12(17)7-5-8(7)13(18)19/h2-4,7-8H,5H2,1H3,(H2,14,16)(H,15,17)(H,18,19). The summed E-state index contributed by atoms with van der Waals surface area (Å²) in [6, 6.07) is 4.39. The lowest BCUT2D eigenvalue weighted by molar-refractivity contribution is -0.139. The van der Waals surface area contributed by atoms with Gasteiger partial charge in [0, 0.05) is 5.56 Å². The van der Waals surface area contributed by atoms with E-state index in [0.29, 0.717) is 17.9 Å². The maximum Gasteiger partial charge on any atom is 0.307 e. The van der Waals surface area contributed by atoms with Crippen molar-refractivity contribution in [2.45, 2.75) is 6.42 Å². The molecule has 0 spiro atoms. The first-order chi connectivity index (χ1) is 9.43. The van der Waals surface area contributed by atoms with Crippen molar-refractivity contribution in [3.05, 3.63) is 23.8 Å². The molecule has 1 aromatic carbocycles. The molecule has 1 aliphatic rings. The first kappa shape index (κ1) is 13.9. The van der Waals surface area contributed by atoms with Crippen molar-refractivity contribution in [2.24, 2.45) is 17.6 Å². The van der Waals surface area contributed by atoms with Crippen LogP contribution >= 0.6 is 0 Å².